The van der Waals surface area contributed by atoms with Crippen molar-refractivity contribution in [3.63, 3.8) is 0 Å². The number of H-pyrrole nitrogens is 1. The highest BCUT2D eigenvalue weighted by molar-refractivity contribution is 6.29. The fourth-order valence-corrected chi connectivity index (χ4v) is 4.45. The molecule has 0 atom stereocenters. The minimum atomic E-state index is -0.0899. The van der Waals surface area contributed by atoms with Crippen molar-refractivity contribution in [3.8, 4) is 22.5 Å². The fourth-order valence-electron chi connectivity index (χ4n) is 4.20. The first kappa shape index (κ1) is 21.7. The molecule has 0 radical (unpaired) electrons. The molecule has 168 valence electrons. The molecule has 1 aliphatic rings. The number of aromatic nitrogens is 4. The van der Waals surface area contributed by atoms with Crippen molar-refractivity contribution in [2.24, 2.45) is 0 Å². The Morgan fingerprint density at radius 2 is 1.70 bits per heavy atom. The molecule has 4 aromatic rings. The monoisotopic (exact) mass is 460 g/mol. The van der Waals surface area contributed by atoms with Crippen molar-refractivity contribution in [1.82, 2.24) is 29.7 Å². The first-order chi connectivity index (χ1) is 16.0. The molecule has 0 saturated carbocycles. The van der Waals surface area contributed by atoms with Crippen LogP contribution in [0.4, 0.5) is 0 Å². The Hall–Kier alpha value is -3.13. The molecule has 0 bridgehead atoms. The molecule has 1 N–H and O–H groups in total. The first-order valence-corrected chi connectivity index (χ1v) is 11.4. The Kier molecular flexibility index (Phi) is 5.93. The van der Waals surface area contributed by atoms with E-state index in [9.17, 15) is 4.79 Å². The molecule has 33 heavy (non-hydrogen) atoms. The Morgan fingerprint density at radius 1 is 0.970 bits per heavy atom. The van der Waals surface area contributed by atoms with E-state index in [2.05, 4.69) is 26.8 Å². The van der Waals surface area contributed by atoms with E-state index in [0.29, 0.717) is 39.8 Å². The second-order valence-corrected chi connectivity index (χ2v) is 8.91. The number of nitrogens with zero attached hydrogens (tertiary/aromatic N) is 5. The van der Waals surface area contributed by atoms with E-state index in [-0.39, 0.29) is 5.43 Å². The van der Waals surface area contributed by atoms with Crippen LogP contribution in [0.25, 0.3) is 33.7 Å². The number of hydrogen-bond donors (Lipinski definition) is 1. The zero-order valence-electron chi connectivity index (χ0n) is 18.7. The molecule has 0 aliphatic carbocycles. The number of piperazine rings is 1. The van der Waals surface area contributed by atoms with Gasteiger partial charge in [-0.05, 0) is 26.1 Å². The number of aromatic amines is 1. The summed E-state index contributed by atoms with van der Waals surface area (Å²) in [6.07, 6.45) is 1.78. The number of pyridine rings is 2. The van der Waals surface area contributed by atoms with E-state index >= 15 is 0 Å². The van der Waals surface area contributed by atoms with Gasteiger partial charge in [-0.25, -0.2) is 15.0 Å². The highest BCUT2D eigenvalue weighted by Crippen LogP contribution is 2.31. The molecule has 0 amide bonds. The number of likely N-dealkylation sites (N-methyl/N-ethyl adjacent to an activating group) is 1. The van der Waals surface area contributed by atoms with Gasteiger partial charge in [-0.1, -0.05) is 41.9 Å². The van der Waals surface area contributed by atoms with Crippen LogP contribution < -0.4 is 5.43 Å². The molecule has 3 aromatic heterocycles. The zero-order valence-corrected chi connectivity index (χ0v) is 19.4. The quantitative estimate of drug-likeness (QED) is 0.467. The van der Waals surface area contributed by atoms with Gasteiger partial charge in [-0.15, -0.1) is 0 Å². The number of benzene rings is 1. The lowest BCUT2D eigenvalue weighted by atomic mass is 10.0. The standard InChI is InChI=1S/C25H25ClN6O/c1-16-12-18(13-20(26)28-16)22-21(17-6-4-3-5-7-17)30-25-23(29-22)24(33)19(14-27-25)15-32-10-8-31(2)9-11-32/h3-7,12-14H,8-11,15H2,1-2H3,(H,27,30,33). The third kappa shape index (κ3) is 4.53. The van der Waals surface area contributed by atoms with Crippen LogP contribution in [0.3, 0.4) is 0 Å². The van der Waals surface area contributed by atoms with Crippen molar-refractivity contribution in [2.75, 3.05) is 33.2 Å². The summed E-state index contributed by atoms with van der Waals surface area (Å²) in [4.78, 5) is 35.2. The highest BCUT2D eigenvalue weighted by Gasteiger charge is 2.19. The normalized spacial score (nSPS) is 15.2. The van der Waals surface area contributed by atoms with E-state index in [4.69, 9.17) is 21.6 Å². The molecule has 7 nitrogen and oxygen atoms in total. The third-order valence-corrected chi connectivity index (χ3v) is 6.21. The van der Waals surface area contributed by atoms with Gasteiger partial charge in [0.2, 0.25) is 5.43 Å². The molecule has 0 spiro atoms. The average Bonchev–Trinajstić information content (AvgIpc) is 2.81. The third-order valence-electron chi connectivity index (χ3n) is 6.02. The van der Waals surface area contributed by atoms with Crippen molar-refractivity contribution in [2.45, 2.75) is 13.5 Å². The van der Waals surface area contributed by atoms with Gasteiger partial charge in [0.05, 0.1) is 11.4 Å². The van der Waals surface area contributed by atoms with Crippen LogP contribution in [-0.4, -0.2) is 63.0 Å². The summed E-state index contributed by atoms with van der Waals surface area (Å²) in [6.45, 7) is 6.35. The van der Waals surface area contributed by atoms with Crippen molar-refractivity contribution < 1.29 is 0 Å². The second-order valence-electron chi connectivity index (χ2n) is 8.53. The summed E-state index contributed by atoms with van der Waals surface area (Å²) in [5.74, 6) is 0. The molecular weight excluding hydrogens is 436 g/mol. The first-order valence-electron chi connectivity index (χ1n) is 11.0. The van der Waals surface area contributed by atoms with Gasteiger partial charge in [-0.3, -0.25) is 9.69 Å². The lowest BCUT2D eigenvalue weighted by molar-refractivity contribution is 0.148. The van der Waals surface area contributed by atoms with E-state index in [0.717, 1.165) is 43.0 Å². The van der Waals surface area contributed by atoms with Gasteiger partial charge < -0.3 is 9.88 Å². The van der Waals surface area contributed by atoms with Crippen molar-refractivity contribution in [1.29, 1.82) is 0 Å². The van der Waals surface area contributed by atoms with Crippen LogP contribution in [0.15, 0.2) is 53.5 Å². The zero-order chi connectivity index (χ0) is 22.9. The number of aryl methyl sites for hydroxylation is 1. The number of halogens is 1. The smallest absolute Gasteiger partial charge is 0.213 e. The van der Waals surface area contributed by atoms with E-state index in [1.54, 1.807) is 12.3 Å². The lowest BCUT2D eigenvalue weighted by Crippen LogP contribution is -2.44. The number of rotatable bonds is 4. The maximum Gasteiger partial charge on any atom is 0.213 e. The molecule has 1 aliphatic heterocycles. The fraction of sp³-hybridized carbons (Fsp3) is 0.280. The van der Waals surface area contributed by atoms with E-state index in [1.165, 1.54) is 0 Å². The van der Waals surface area contributed by atoms with Crippen molar-refractivity contribution in [3.05, 3.63) is 75.3 Å². The topological polar surface area (TPSA) is 78.0 Å². The number of hydrogen-bond acceptors (Lipinski definition) is 6. The minimum absolute atomic E-state index is 0.0899. The van der Waals surface area contributed by atoms with Crippen LogP contribution in [0.2, 0.25) is 5.15 Å². The molecule has 4 heterocycles. The molecule has 1 fully saturated rings. The summed E-state index contributed by atoms with van der Waals surface area (Å²) in [5.41, 5.74) is 5.19. The molecule has 0 unspecified atom stereocenters. The van der Waals surface area contributed by atoms with Crippen LogP contribution in [0.1, 0.15) is 11.3 Å². The Morgan fingerprint density at radius 3 is 2.42 bits per heavy atom. The minimum Gasteiger partial charge on any atom is -0.344 e. The van der Waals surface area contributed by atoms with Gasteiger partial charge in [0.25, 0.3) is 0 Å². The molecule has 1 aromatic carbocycles. The molecule has 8 heteroatoms. The molecule has 5 rings (SSSR count). The Labute approximate surface area is 197 Å². The maximum atomic E-state index is 13.4. The highest BCUT2D eigenvalue weighted by atomic mass is 35.5. The predicted molar refractivity (Wildman–Crippen MR) is 131 cm³/mol. The maximum absolute atomic E-state index is 13.4. The SMILES string of the molecule is Cc1cc(-c2nc3c(=O)c(CN4CCN(C)CC4)c[nH]c3nc2-c2ccccc2)cc(Cl)n1. The molecule has 1 saturated heterocycles. The summed E-state index contributed by atoms with van der Waals surface area (Å²) in [5, 5.41) is 0.378. The summed E-state index contributed by atoms with van der Waals surface area (Å²) in [7, 11) is 2.12. The van der Waals surface area contributed by atoms with Gasteiger partial charge in [-0.2, -0.15) is 0 Å². The summed E-state index contributed by atoms with van der Waals surface area (Å²) in [6, 6.07) is 13.5. The van der Waals surface area contributed by atoms with Gasteiger partial charge >= 0.3 is 0 Å². The summed E-state index contributed by atoms with van der Waals surface area (Å²) < 4.78 is 0. The largest absolute Gasteiger partial charge is 0.344 e. The van der Waals surface area contributed by atoms with Gasteiger partial charge in [0.15, 0.2) is 11.2 Å². The average molecular weight is 461 g/mol. The Bertz CT molecular complexity index is 1340. The number of fused-ring (bicyclic) bond motifs is 1. The predicted octanol–water partition coefficient (Wildman–Crippen LogP) is 3.76. The van der Waals surface area contributed by atoms with Crippen LogP contribution in [0, 0.1) is 6.92 Å². The van der Waals surface area contributed by atoms with Gasteiger partial charge in [0, 0.05) is 61.3 Å². The van der Waals surface area contributed by atoms with Crippen LogP contribution in [0.5, 0.6) is 0 Å². The van der Waals surface area contributed by atoms with E-state index < -0.39 is 0 Å². The van der Waals surface area contributed by atoms with Gasteiger partial charge in [0.1, 0.15) is 5.15 Å². The Balaban J connectivity index is 1.65. The van der Waals surface area contributed by atoms with Crippen LogP contribution in [-0.2, 0) is 6.54 Å². The lowest BCUT2D eigenvalue weighted by Gasteiger charge is -2.32. The van der Waals surface area contributed by atoms with Crippen LogP contribution >= 0.6 is 11.6 Å². The number of nitrogens with one attached hydrogen (secondary N) is 1. The second kappa shape index (κ2) is 9.02. The van der Waals surface area contributed by atoms with Crippen molar-refractivity contribution >= 4 is 22.8 Å². The summed E-state index contributed by atoms with van der Waals surface area (Å²) >= 11 is 6.26. The molecular formula is C25H25ClN6O. The van der Waals surface area contributed by atoms with E-state index in [1.807, 2.05) is 43.3 Å².